The first-order chi connectivity index (χ1) is 18.8. The number of nitrogens with zero attached hydrogens (tertiary/aromatic N) is 6. The molecule has 1 atom stereocenters. The zero-order chi connectivity index (χ0) is 29.2. The lowest BCUT2D eigenvalue weighted by Gasteiger charge is -2.34. The van der Waals surface area contributed by atoms with Crippen LogP contribution in [0.15, 0.2) is 35.6 Å². The minimum Gasteiger partial charge on any atom is -0.488 e. The van der Waals surface area contributed by atoms with Gasteiger partial charge < -0.3 is 15.0 Å². The van der Waals surface area contributed by atoms with E-state index in [0.717, 1.165) is 11.1 Å². The molecule has 4 heterocycles. The van der Waals surface area contributed by atoms with E-state index in [1.165, 1.54) is 24.1 Å². The molecule has 1 aliphatic rings. The molecule has 1 saturated heterocycles. The fourth-order valence-electron chi connectivity index (χ4n) is 3.73. The van der Waals surface area contributed by atoms with Gasteiger partial charge in [0.15, 0.2) is 11.6 Å². The van der Waals surface area contributed by atoms with E-state index in [2.05, 4.69) is 25.4 Å². The molecule has 18 heteroatoms. The van der Waals surface area contributed by atoms with E-state index in [-0.39, 0.29) is 37.2 Å². The Morgan fingerprint density at radius 2 is 1.75 bits per heavy atom. The van der Waals surface area contributed by atoms with Crippen molar-refractivity contribution in [3.8, 4) is 5.75 Å². The number of anilines is 3. The summed E-state index contributed by atoms with van der Waals surface area (Å²) in [6.07, 6.45) is -6.50. The maximum Gasteiger partial charge on any atom is 0.423 e. The highest BCUT2D eigenvalue weighted by Gasteiger charge is 2.38. The number of carbonyl (C=O) groups excluding carboxylic acids is 1. The van der Waals surface area contributed by atoms with E-state index < -0.39 is 59.0 Å². The topological polar surface area (TPSA) is 129 Å². The van der Waals surface area contributed by atoms with Crippen LogP contribution < -0.4 is 25.4 Å². The number of amides is 1. The number of hydrogen-bond acceptors (Lipinski definition) is 9. The predicted molar refractivity (Wildman–Crippen MR) is 124 cm³/mol. The molecule has 1 unspecified atom stereocenters. The van der Waals surface area contributed by atoms with Crippen LogP contribution in [0.3, 0.4) is 0 Å². The molecule has 3 aromatic heterocycles. The first-order valence-electron chi connectivity index (χ1n) is 11.4. The van der Waals surface area contributed by atoms with Crippen LogP contribution in [0, 0.1) is 5.82 Å². The highest BCUT2D eigenvalue weighted by molar-refractivity contribution is 5.96. The van der Waals surface area contributed by atoms with E-state index >= 15 is 4.39 Å². The van der Waals surface area contributed by atoms with Crippen LogP contribution in [0.2, 0.25) is 0 Å². The van der Waals surface area contributed by atoms with E-state index in [1.807, 2.05) is 0 Å². The smallest absolute Gasteiger partial charge is 0.423 e. The molecule has 0 spiro atoms. The van der Waals surface area contributed by atoms with Crippen LogP contribution in [0.5, 0.6) is 5.75 Å². The van der Waals surface area contributed by atoms with E-state index in [4.69, 9.17) is 4.74 Å². The summed E-state index contributed by atoms with van der Waals surface area (Å²) in [7, 11) is 0. The van der Waals surface area contributed by atoms with Gasteiger partial charge in [-0.25, -0.2) is 20.1 Å². The fraction of sp³-hybridized carbons (Fsp3) is 0.364. The number of carbonyl (C=O) groups is 1. The Bertz CT molecular complexity index is 1430. The van der Waals surface area contributed by atoms with E-state index in [1.54, 1.807) is 5.10 Å². The number of ether oxygens (including phenoxy) is 1. The normalized spacial score (nSPS) is 15.2. The van der Waals surface area contributed by atoms with Crippen molar-refractivity contribution in [3.63, 3.8) is 0 Å². The van der Waals surface area contributed by atoms with Gasteiger partial charge in [-0.1, -0.05) is 0 Å². The molecule has 214 valence electrons. The third-order valence-electron chi connectivity index (χ3n) is 5.59. The summed E-state index contributed by atoms with van der Waals surface area (Å²) in [5.74, 6) is -2.37. The molecule has 40 heavy (non-hydrogen) atoms. The van der Waals surface area contributed by atoms with Gasteiger partial charge in [0.1, 0.15) is 12.2 Å². The molecule has 11 nitrogen and oxygen atoms in total. The number of rotatable bonds is 7. The lowest BCUT2D eigenvalue weighted by atomic mass is 10.2. The SMILES string of the molecule is CC(COc1ccnc(N2CCN(c3ncc(C(F)(F)F)cn3)C(=O)C2)c1F)Nc1cn[nH]c(=O)c1C(F)(F)F. The lowest BCUT2D eigenvalue weighted by Crippen LogP contribution is -2.51. The molecule has 0 aromatic carbocycles. The summed E-state index contributed by atoms with van der Waals surface area (Å²) in [4.78, 5) is 37.7. The number of H-pyrrole nitrogens is 1. The number of hydrogen-bond donors (Lipinski definition) is 2. The Balaban J connectivity index is 1.41. The van der Waals surface area contributed by atoms with Crippen molar-refractivity contribution in [2.24, 2.45) is 0 Å². The summed E-state index contributed by atoms with van der Waals surface area (Å²) >= 11 is 0. The van der Waals surface area contributed by atoms with Gasteiger partial charge in [0.25, 0.3) is 5.56 Å². The summed E-state index contributed by atoms with van der Waals surface area (Å²) in [5.41, 5.74) is -4.58. The third-order valence-corrected chi connectivity index (χ3v) is 5.59. The second-order valence-electron chi connectivity index (χ2n) is 8.53. The monoisotopic (exact) mass is 576 g/mol. The van der Waals surface area contributed by atoms with E-state index in [9.17, 15) is 35.9 Å². The van der Waals surface area contributed by atoms with Crippen molar-refractivity contribution < 1.29 is 40.3 Å². The Labute approximate surface area is 220 Å². The van der Waals surface area contributed by atoms with Crippen molar-refractivity contribution >= 4 is 23.4 Å². The van der Waals surface area contributed by atoms with Crippen molar-refractivity contribution in [1.82, 2.24) is 25.1 Å². The zero-order valence-electron chi connectivity index (χ0n) is 20.3. The molecular formula is C22H19F7N8O3. The molecular weight excluding hydrogens is 557 g/mol. The van der Waals surface area contributed by atoms with Crippen molar-refractivity contribution in [2.75, 3.05) is 41.4 Å². The highest BCUT2D eigenvalue weighted by Crippen LogP contribution is 2.32. The van der Waals surface area contributed by atoms with Gasteiger partial charge in [0, 0.05) is 37.7 Å². The second-order valence-corrected chi connectivity index (χ2v) is 8.53. The number of piperazine rings is 1. The van der Waals surface area contributed by atoms with Crippen LogP contribution in [-0.2, 0) is 17.1 Å². The maximum atomic E-state index is 15.2. The van der Waals surface area contributed by atoms with Crippen LogP contribution >= 0.6 is 0 Å². The first kappa shape index (κ1) is 28.5. The molecule has 3 aromatic rings. The number of nitrogens with one attached hydrogen (secondary N) is 2. The molecule has 4 rings (SSSR count). The van der Waals surface area contributed by atoms with Gasteiger partial charge in [-0.05, 0) is 6.92 Å². The van der Waals surface area contributed by atoms with Crippen LogP contribution in [0.25, 0.3) is 0 Å². The quantitative estimate of drug-likeness (QED) is 0.408. The Hall–Kier alpha value is -4.51. The standard InChI is InChI=1S/C22H19F7N8O3/c1-11(34-13-8-33-35-19(39)16(13)22(27,28)29)10-40-14-2-3-30-18(17(14)23)36-4-5-37(15(38)9-36)20-31-6-12(7-32-20)21(24,25)26/h2-3,6-8,11H,4-5,9-10H2,1H3,(H2,34,35,39). The van der Waals surface area contributed by atoms with Gasteiger partial charge in [-0.2, -0.15) is 35.8 Å². The van der Waals surface area contributed by atoms with Crippen molar-refractivity contribution in [3.05, 3.63) is 58.2 Å². The molecule has 0 saturated carbocycles. The number of pyridine rings is 1. The van der Waals surface area contributed by atoms with Crippen LogP contribution in [0.4, 0.5) is 48.2 Å². The summed E-state index contributed by atoms with van der Waals surface area (Å²) in [6, 6.07) is 0.338. The second kappa shape index (κ2) is 10.9. The Morgan fingerprint density at radius 3 is 2.38 bits per heavy atom. The van der Waals surface area contributed by atoms with E-state index in [0.29, 0.717) is 12.4 Å². The zero-order valence-corrected chi connectivity index (χ0v) is 20.3. The number of aromatic amines is 1. The Kier molecular flexibility index (Phi) is 7.79. The molecule has 1 amide bonds. The van der Waals surface area contributed by atoms with Gasteiger partial charge in [-0.3, -0.25) is 14.5 Å². The van der Waals surface area contributed by atoms with Crippen molar-refractivity contribution in [1.29, 1.82) is 0 Å². The average Bonchev–Trinajstić information content (AvgIpc) is 2.87. The minimum atomic E-state index is -4.95. The minimum absolute atomic E-state index is 0.0250. The average molecular weight is 576 g/mol. The van der Waals surface area contributed by atoms with Crippen LogP contribution in [-0.4, -0.2) is 63.3 Å². The van der Waals surface area contributed by atoms with Crippen LogP contribution in [0.1, 0.15) is 18.1 Å². The summed E-state index contributed by atoms with van der Waals surface area (Å²) in [6.45, 7) is 0.650. The predicted octanol–water partition coefficient (Wildman–Crippen LogP) is 2.86. The van der Waals surface area contributed by atoms with Gasteiger partial charge in [-0.15, -0.1) is 0 Å². The van der Waals surface area contributed by atoms with Crippen molar-refractivity contribution in [2.45, 2.75) is 25.3 Å². The number of halogens is 7. The molecule has 1 aliphatic heterocycles. The summed E-state index contributed by atoms with van der Waals surface area (Å²) in [5, 5.41) is 7.53. The third kappa shape index (κ3) is 6.20. The molecule has 1 fully saturated rings. The maximum absolute atomic E-state index is 15.2. The number of aromatic nitrogens is 5. The first-order valence-corrected chi connectivity index (χ1v) is 11.4. The largest absolute Gasteiger partial charge is 0.488 e. The van der Waals surface area contributed by atoms with Gasteiger partial charge in [0.05, 0.1) is 30.0 Å². The molecule has 0 bridgehead atoms. The highest BCUT2D eigenvalue weighted by atomic mass is 19.4. The summed E-state index contributed by atoms with van der Waals surface area (Å²) < 4.78 is 98.5. The molecule has 2 N–H and O–H groups in total. The lowest BCUT2D eigenvalue weighted by molar-refractivity contribution is -0.139. The van der Waals surface area contributed by atoms with Gasteiger partial charge in [0.2, 0.25) is 17.7 Å². The molecule has 0 aliphatic carbocycles. The fourth-order valence-corrected chi connectivity index (χ4v) is 3.73. The van der Waals surface area contributed by atoms with Gasteiger partial charge >= 0.3 is 12.4 Å². The number of alkyl halides is 6. The Morgan fingerprint density at radius 1 is 1.05 bits per heavy atom. The molecule has 0 radical (unpaired) electrons.